The minimum Gasteiger partial charge on any atom is -0.455 e. The summed E-state index contributed by atoms with van der Waals surface area (Å²) in [5.74, 6) is 0. The fourth-order valence-electron chi connectivity index (χ4n) is 8.37. The number of anilines is 3. The van der Waals surface area contributed by atoms with E-state index in [2.05, 4.69) is 194 Å². The molecule has 0 saturated heterocycles. The van der Waals surface area contributed by atoms with Crippen molar-refractivity contribution in [2.75, 3.05) is 4.90 Å². The molecule has 2 heterocycles. The summed E-state index contributed by atoms with van der Waals surface area (Å²) in [6.45, 7) is 4.97. The Morgan fingerprint density at radius 3 is 2.04 bits per heavy atom. The third-order valence-corrected chi connectivity index (χ3v) is 14.4. The van der Waals surface area contributed by atoms with Crippen LogP contribution < -0.4 is 15.3 Å². The van der Waals surface area contributed by atoms with Crippen molar-refractivity contribution in [1.29, 1.82) is 0 Å². The van der Waals surface area contributed by atoms with Gasteiger partial charge in [0.2, 0.25) is 0 Å². The van der Waals surface area contributed by atoms with E-state index in [9.17, 15) is 0 Å². The number of benzene rings is 8. The number of nitrogens with zero attached hydrogens (tertiary/aromatic N) is 1. The van der Waals surface area contributed by atoms with Gasteiger partial charge in [0, 0.05) is 33.3 Å². The summed E-state index contributed by atoms with van der Waals surface area (Å²) < 4.78 is 6.63. The van der Waals surface area contributed by atoms with Gasteiger partial charge in [-0.15, -0.1) is 0 Å². The van der Waals surface area contributed by atoms with Crippen LogP contribution in [0.25, 0.3) is 66.1 Å². The van der Waals surface area contributed by atoms with Gasteiger partial charge in [-0.05, 0) is 79.8 Å². The average molecular weight is 670 g/mol. The molecule has 0 N–H and O–H groups in total. The highest BCUT2D eigenvalue weighted by molar-refractivity contribution is 7.04. The van der Waals surface area contributed by atoms with Crippen LogP contribution in [0.2, 0.25) is 13.1 Å². The molecule has 0 radical (unpaired) electrons. The zero-order chi connectivity index (χ0) is 34.1. The van der Waals surface area contributed by atoms with Crippen molar-refractivity contribution in [1.82, 2.24) is 0 Å². The summed E-state index contributed by atoms with van der Waals surface area (Å²) >= 11 is 0. The van der Waals surface area contributed by atoms with Gasteiger partial charge in [0.05, 0.1) is 5.69 Å². The van der Waals surface area contributed by atoms with Crippen LogP contribution in [0.5, 0.6) is 0 Å². The molecular formula is C48H35NOSi. The molecule has 2 nitrogen and oxygen atoms in total. The van der Waals surface area contributed by atoms with Crippen LogP contribution in [-0.2, 0) is 0 Å². The van der Waals surface area contributed by atoms with Gasteiger partial charge in [-0.3, -0.25) is 0 Å². The van der Waals surface area contributed by atoms with Gasteiger partial charge in [-0.1, -0.05) is 153 Å². The summed E-state index contributed by atoms with van der Waals surface area (Å²) in [5, 5.41) is 7.73. The Bertz CT molecular complexity index is 2790. The van der Waals surface area contributed by atoms with Gasteiger partial charge in [0.25, 0.3) is 0 Å². The molecule has 0 atom stereocenters. The van der Waals surface area contributed by atoms with Crippen molar-refractivity contribution in [3.63, 3.8) is 0 Å². The maximum Gasteiger partial charge on any atom is 0.143 e. The highest BCUT2D eigenvalue weighted by atomic mass is 28.3. The first-order valence-corrected chi connectivity index (χ1v) is 20.7. The van der Waals surface area contributed by atoms with Gasteiger partial charge >= 0.3 is 0 Å². The Morgan fingerprint density at radius 2 is 1.14 bits per heavy atom. The molecule has 0 aliphatic carbocycles. The number of hydrogen-bond donors (Lipinski definition) is 0. The Balaban J connectivity index is 1.21. The Labute approximate surface area is 298 Å². The molecule has 0 spiro atoms. The smallest absolute Gasteiger partial charge is 0.143 e. The highest BCUT2D eigenvalue weighted by Crippen LogP contribution is 2.45. The molecule has 0 fully saturated rings. The summed E-state index contributed by atoms with van der Waals surface area (Å²) in [7, 11) is -2.09. The number of rotatable bonds is 5. The molecule has 9 aromatic rings. The molecule has 0 amide bonds. The normalized spacial score (nSPS) is 13.1. The van der Waals surface area contributed by atoms with E-state index in [-0.39, 0.29) is 0 Å². The largest absolute Gasteiger partial charge is 0.455 e. The molecule has 0 unspecified atom stereocenters. The summed E-state index contributed by atoms with van der Waals surface area (Å²) in [6, 6.07) is 64.0. The monoisotopic (exact) mass is 669 g/mol. The maximum absolute atomic E-state index is 6.63. The van der Waals surface area contributed by atoms with Crippen molar-refractivity contribution in [2.24, 2.45) is 0 Å². The molecular weight excluding hydrogens is 635 g/mol. The Hall–Kier alpha value is -6.16. The standard InChI is InChI=1S/C48H35NOSi/c1-51(2)45-29-28-41-40-22-9-11-25-44(40)50-48(41)47(45)42-27-26-36(31-46(42)51)49(35-19-12-18-34(30-35)32-14-4-3-5-15-32)43-24-10-8-21-39(43)38-23-13-17-33-16-6-7-20-37(33)38/h3-31H,1-2H3. The summed E-state index contributed by atoms with van der Waals surface area (Å²) in [5.41, 5.74) is 12.8. The number of hydrogen-bond acceptors (Lipinski definition) is 2. The first-order valence-electron chi connectivity index (χ1n) is 17.7. The zero-order valence-electron chi connectivity index (χ0n) is 28.6. The van der Waals surface area contributed by atoms with E-state index in [0.717, 1.165) is 28.2 Å². The molecule has 0 saturated carbocycles. The Kier molecular flexibility index (Phi) is 6.67. The van der Waals surface area contributed by atoms with E-state index in [0.29, 0.717) is 0 Å². The first kappa shape index (κ1) is 29.7. The van der Waals surface area contributed by atoms with Crippen LogP contribution >= 0.6 is 0 Å². The molecule has 242 valence electrons. The van der Waals surface area contributed by atoms with Crippen LogP contribution in [-0.4, -0.2) is 8.07 Å². The van der Waals surface area contributed by atoms with E-state index in [1.165, 1.54) is 65.3 Å². The van der Waals surface area contributed by atoms with Crippen molar-refractivity contribution in [3.05, 3.63) is 176 Å². The molecule has 1 aliphatic heterocycles. The third kappa shape index (κ3) is 4.62. The number of para-hydroxylation sites is 2. The molecule has 1 aliphatic rings. The van der Waals surface area contributed by atoms with Gasteiger partial charge < -0.3 is 9.32 Å². The van der Waals surface area contributed by atoms with Crippen LogP contribution in [0.4, 0.5) is 17.1 Å². The maximum atomic E-state index is 6.63. The lowest BCUT2D eigenvalue weighted by Gasteiger charge is -2.30. The van der Waals surface area contributed by atoms with Gasteiger partial charge in [-0.25, -0.2) is 0 Å². The number of fused-ring (bicyclic) bond motifs is 8. The average Bonchev–Trinajstić information content (AvgIpc) is 3.67. The van der Waals surface area contributed by atoms with Crippen LogP contribution in [0.15, 0.2) is 180 Å². The highest BCUT2D eigenvalue weighted by Gasteiger charge is 2.40. The van der Waals surface area contributed by atoms with Gasteiger partial charge in [0.1, 0.15) is 19.2 Å². The van der Waals surface area contributed by atoms with Crippen molar-refractivity contribution in [3.8, 4) is 33.4 Å². The first-order chi connectivity index (χ1) is 25.1. The fourth-order valence-corrected chi connectivity index (χ4v) is 11.4. The molecule has 8 aromatic carbocycles. The van der Waals surface area contributed by atoms with E-state index < -0.39 is 8.07 Å². The zero-order valence-corrected chi connectivity index (χ0v) is 29.6. The molecule has 1 aromatic heterocycles. The second-order valence-electron chi connectivity index (χ2n) is 14.1. The van der Waals surface area contributed by atoms with E-state index in [1.54, 1.807) is 0 Å². The van der Waals surface area contributed by atoms with E-state index in [1.807, 2.05) is 0 Å². The van der Waals surface area contributed by atoms with E-state index in [4.69, 9.17) is 4.42 Å². The predicted octanol–water partition coefficient (Wildman–Crippen LogP) is 12.3. The second kappa shape index (κ2) is 11.4. The SMILES string of the molecule is C[Si]1(C)c2cc(N(c3cccc(-c4ccccc4)c3)c3ccccc3-c3cccc4ccccc34)ccc2-c2c1ccc1c2oc2ccccc21. The molecule has 51 heavy (non-hydrogen) atoms. The van der Waals surface area contributed by atoms with Crippen LogP contribution in [0, 0.1) is 0 Å². The second-order valence-corrected chi connectivity index (χ2v) is 18.4. The summed E-state index contributed by atoms with van der Waals surface area (Å²) in [6.07, 6.45) is 0. The quantitative estimate of drug-likeness (QED) is 0.170. The predicted molar refractivity (Wildman–Crippen MR) is 219 cm³/mol. The van der Waals surface area contributed by atoms with Crippen molar-refractivity contribution >= 4 is 68.2 Å². The third-order valence-electron chi connectivity index (χ3n) is 10.9. The van der Waals surface area contributed by atoms with Crippen LogP contribution in [0.1, 0.15) is 0 Å². The minimum absolute atomic E-state index is 0.944. The van der Waals surface area contributed by atoms with E-state index >= 15 is 0 Å². The molecule has 10 rings (SSSR count). The van der Waals surface area contributed by atoms with Crippen LogP contribution in [0.3, 0.4) is 0 Å². The van der Waals surface area contributed by atoms with Gasteiger partial charge in [0.15, 0.2) is 0 Å². The molecule has 0 bridgehead atoms. The number of furan rings is 1. The Morgan fingerprint density at radius 1 is 0.451 bits per heavy atom. The molecule has 3 heteroatoms. The fraction of sp³-hybridized carbons (Fsp3) is 0.0417. The van der Waals surface area contributed by atoms with Gasteiger partial charge in [-0.2, -0.15) is 0 Å². The lowest BCUT2D eigenvalue weighted by Crippen LogP contribution is -2.49. The summed E-state index contributed by atoms with van der Waals surface area (Å²) in [4.78, 5) is 2.47. The van der Waals surface area contributed by atoms with Crippen molar-refractivity contribution < 1.29 is 4.42 Å². The topological polar surface area (TPSA) is 16.4 Å². The van der Waals surface area contributed by atoms with Crippen molar-refractivity contribution in [2.45, 2.75) is 13.1 Å². The lowest BCUT2D eigenvalue weighted by atomic mass is 9.95. The minimum atomic E-state index is -2.09. The lowest BCUT2D eigenvalue weighted by molar-refractivity contribution is 0.670.